The van der Waals surface area contributed by atoms with Crippen molar-refractivity contribution in [1.29, 1.82) is 0 Å². The molecule has 13 atom stereocenters. The first-order valence-electron chi connectivity index (χ1n) is 21.5. The first kappa shape index (κ1) is 44.5. The molecule has 4 aliphatic heterocycles. The summed E-state index contributed by atoms with van der Waals surface area (Å²) in [5.41, 5.74) is 8.94. The number of nitrogens with two attached hydrogens (primary N) is 1. The third-order valence-electron chi connectivity index (χ3n) is 13.2. The lowest BCUT2D eigenvalue weighted by atomic mass is 9.78. The largest absolute Gasteiger partial charge is 0.402 e. The number of hydrogen-bond acceptors (Lipinski definition) is 8. The number of rotatable bonds is 14. The lowest BCUT2D eigenvalue weighted by molar-refractivity contribution is -0.280. The molecule has 8 nitrogen and oxygen atoms in total. The summed E-state index contributed by atoms with van der Waals surface area (Å²) in [6.07, 6.45) is 28.8. The van der Waals surface area contributed by atoms with Crippen molar-refractivity contribution in [2.45, 2.75) is 185 Å². The van der Waals surface area contributed by atoms with E-state index in [0.717, 1.165) is 56.2 Å². The molecule has 0 aromatic rings. The number of aliphatic hydroxyl groups excluding tert-OH is 1. The molecule has 1 aliphatic carbocycles. The Bertz CT molecular complexity index is 1520. The van der Waals surface area contributed by atoms with Gasteiger partial charge in [0.25, 0.3) is 0 Å². The van der Waals surface area contributed by atoms with Crippen molar-refractivity contribution in [3.05, 3.63) is 95.8 Å². The van der Waals surface area contributed by atoms with E-state index in [1.807, 2.05) is 32.1 Å². The van der Waals surface area contributed by atoms with Gasteiger partial charge >= 0.3 is 0 Å². The van der Waals surface area contributed by atoms with E-state index in [1.165, 1.54) is 11.1 Å². The fourth-order valence-electron chi connectivity index (χ4n) is 9.04. The number of aliphatic hydroxyl groups is 2. The Balaban J connectivity index is 1.17. The van der Waals surface area contributed by atoms with Crippen LogP contribution in [0.15, 0.2) is 95.8 Å². The minimum Gasteiger partial charge on any atom is -0.402 e. The third kappa shape index (κ3) is 11.8. The summed E-state index contributed by atoms with van der Waals surface area (Å²) in [4.78, 5) is 0. The summed E-state index contributed by atoms with van der Waals surface area (Å²) < 4.78 is 33.9. The molecule has 4 heterocycles. The predicted molar refractivity (Wildman–Crippen MR) is 226 cm³/mol. The van der Waals surface area contributed by atoms with Gasteiger partial charge in [0.15, 0.2) is 0 Å². The van der Waals surface area contributed by atoms with Crippen LogP contribution in [0.4, 0.5) is 0 Å². The minimum atomic E-state index is -0.955. The van der Waals surface area contributed by atoms with Crippen LogP contribution in [0.1, 0.15) is 119 Å². The average molecular weight is 776 g/mol. The maximum Gasteiger partial charge on any atom is 0.110 e. The van der Waals surface area contributed by atoms with Crippen molar-refractivity contribution in [3.63, 3.8) is 0 Å². The highest BCUT2D eigenvalue weighted by Crippen LogP contribution is 2.44. The van der Waals surface area contributed by atoms with E-state index >= 15 is 0 Å². The monoisotopic (exact) mass is 776 g/mol. The SMILES string of the molecule is C=C/C=C\CCC(OC1CCC2(C)OC3C(O)CC4OC(CC/C=C(C)/C(C)=C/C=C\C5=CCC(N)=CC=C5)C(C)CC4COC3CC2OC1C)C(C)(O)CC. The second-order valence-electron chi connectivity index (χ2n) is 17.7. The van der Waals surface area contributed by atoms with E-state index < -0.39 is 23.4 Å². The van der Waals surface area contributed by atoms with Crippen LogP contribution in [0.5, 0.6) is 0 Å². The summed E-state index contributed by atoms with van der Waals surface area (Å²) in [7, 11) is 0. The van der Waals surface area contributed by atoms with Gasteiger partial charge in [-0.3, -0.25) is 0 Å². The molecule has 0 saturated carbocycles. The van der Waals surface area contributed by atoms with Gasteiger partial charge in [-0.25, -0.2) is 0 Å². The standard InChI is InChI=1S/C48H73NO7/c1-9-11-12-13-23-44(47(7,51)10-2)55-41-26-27-48(8)45(53-35(41)6)30-43-46(56-48)39(50)29-42-37(31-52-43)28-34(5)40(54-42)22-15-18-33(4)32(3)17-14-19-36-20-16-21-38(49)25-24-36/h9,11-12,14,16-21,24,34-35,37,39-46,50-51H,1,10,13,15,22-23,25-31,49H2,2-8H3/b12-11-,19-14-,32-17+,33-18+. The van der Waals surface area contributed by atoms with E-state index in [-0.39, 0.29) is 48.6 Å². The highest BCUT2D eigenvalue weighted by atomic mass is 16.6. The molecule has 0 spiro atoms. The van der Waals surface area contributed by atoms with Crippen LogP contribution in [0, 0.1) is 11.8 Å². The normalized spacial score (nSPS) is 37.5. The van der Waals surface area contributed by atoms with Gasteiger partial charge in [-0.1, -0.05) is 86.8 Å². The van der Waals surface area contributed by atoms with Crippen LogP contribution >= 0.6 is 0 Å². The van der Waals surface area contributed by atoms with E-state index in [2.05, 4.69) is 83.7 Å². The van der Waals surface area contributed by atoms with Gasteiger partial charge in [0.2, 0.25) is 0 Å². The van der Waals surface area contributed by atoms with Crippen LogP contribution in [0.3, 0.4) is 0 Å². The van der Waals surface area contributed by atoms with E-state index in [0.29, 0.717) is 38.2 Å². The molecule has 5 aliphatic rings. The predicted octanol–water partition coefficient (Wildman–Crippen LogP) is 9.06. The molecule has 5 rings (SSSR count). The molecule has 8 heteroatoms. The topological polar surface area (TPSA) is 113 Å². The smallest absolute Gasteiger partial charge is 0.110 e. The summed E-state index contributed by atoms with van der Waals surface area (Å²) in [6.45, 7) is 19.0. The Hall–Kier alpha value is -2.56. The average Bonchev–Trinajstić information content (AvgIpc) is 3.44. The molecule has 0 bridgehead atoms. The van der Waals surface area contributed by atoms with E-state index in [1.54, 1.807) is 6.08 Å². The second-order valence-corrected chi connectivity index (χ2v) is 17.7. The lowest BCUT2D eigenvalue weighted by Crippen LogP contribution is -2.61. The van der Waals surface area contributed by atoms with Gasteiger partial charge in [-0.2, -0.15) is 0 Å². The fourth-order valence-corrected chi connectivity index (χ4v) is 9.04. The quantitative estimate of drug-likeness (QED) is 0.150. The van der Waals surface area contributed by atoms with Crippen LogP contribution in [0.2, 0.25) is 0 Å². The van der Waals surface area contributed by atoms with Crippen LogP contribution in [-0.4, -0.2) is 83.0 Å². The second kappa shape index (κ2) is 20.4. The van der Waals surface area contributed by atoms with Crippen LogP contribution < -0.4 is 5.73 Å². The zero-order chi connectivity index (χ0) is 40.5. The third-order valence-corrected chi connectivity index (χ3v) is 13.2. The Morgan fingerprint density at radius 2 is 1.93 bits per heavy atom. The van der Waals surface area contributed by atoms with Gasteiger partial charge in [-0.05, 0) is 109 Å². The molecule has 4 N–H and O–H groups in total. The molecule has 4 fully saturated rings. The zero-order valence-electron chi connectivity index (χ0n) is 35.4. The number of hydrogen-bond donors (Lipinski definition) is 3. The van der Waals surface area contributed by atoms with Gasteiger partial charge in [-0.15, -0.1) is 0 Å². The first-order valence-corrected chi connectivity index (χ1v) is 21.5. The summed E-state index contributed by atoms with van der Waals surface area (Å²) in [5, 5.41) is 23.1. The van der Waals surface area contributed by atoms with Crippen molar-refractivity contribution in [1.82, 2.24) is 0 Å². The highest BCUT2D eigenvalue weighted by molar-refractivity contribution is 5.39. The molecule has 4 saturated heterocycles. The molecular weight excluding hydrogens is 703 g/mol. The van der Waals surface area contributed by atoms with Gasteiger partial charge in [0.1, 0.15) is 6.10 Å². The fraction of sp³-hybridized carbons (Fsp3) is 0.667. The maximum absolute atomic E-state index is 11.8. The number of ether oxygens (including phenoxy) is 5. The van der Waals surface area contributed by atoms with Crippen LogP contribution in [-0.2, 0) is 23.7 Å². The summed E-state index contributed by atoms with van der Waals surface area (Å²) in [6, 6.07) is 0. The highest BCUT2D eigenvalue weighted by Gasteiger charge is 2.54. The van der Waals surface area contributed by atoms with Crippen molar-refractivity contribution in [3.8, 4) is 0 Å². The molecule has 13 unspecified atom stereocenters. The first-order chi connectivity index (χ1) is 26.7. The van der Waals surface area contributed by atoms with E-state index in [9.17, 15) is 10.2 Å². The maximum atomic E-state index is 11.8. The minimum absolute atomic E-state index is 0.0798. The van der Waals surface area contributed by atoms with Gasteiger partial charge in [0.05, 0.1) is 66.6 Å². The van der Waals surface area contributed by atoms with Crippen LogP contribution in [0.25, 0.3) is 0 Å². The molecule has 0 amide bonds. The molecule has 0 aromatic carbocycles. The lowest BCUT2D eigenvalue weighted by Gasteiger charge is -2.51. The Morgan fingerprint density at radius 3 is 2.70 bits per heavy atom. The Kier molecular flexibility index (Phi) is 16.2. The van der Waals surface area contributed by atoms with Gasteiger partial charge in [0, 0.05) is 30.9 Å². The van der Waals surface area contributed by atoms with Crippen molar-refractivity contribution in [2.75, 3.05) is 6.61 Å². The molecular formula is C48H73NO7. The molecule has 312 valence electrons. The van der Waals surface area contributed by atoms with E-state index in [4.69, 9.17) is 29.4 Å². The van der Waals surface area contributed by atoms with Gasteiger partial charge < -0.3 is 39.6 Å². The van der Waals surface area contributed by atoms with Crippen molar-refractivity contribution < 1.29 is 33.9 Å². The summed E-state index contributed by atoms with van der Waals surface area (Å²) in [5.74, 6) is 0.621. The number of fused-ring (bicyclic) bond motifs is 3. The van der Waals surface area contributed by atoms with Crippen molar-refractivity contribution >= 4 is 0 Å². The molecule has 56 heavy (non-hydrogen) atoms. The molecule has 0 radical (unpaired) electrons. The Labute approximate surface area is 338 Å². The summed E-state index contributed by atoms with van der Waals surface area (Å²) >= 11 is 0. The number of allylic oxidation sites excluding steroid dienone is 14. The Morgan fingerprint density at radius 1 is 1.12 bits per heavy atom. The molecule has 0 aromatic heterocycles. The van der Waals surface area contributed by atoms with Crippen molar-refractivity contribution in [2.24, 2.45) is 17.6 Å². The zero-order valence-corrected chi connectivity index (χ0v) is 35.4.